The second-order valence-electron chi connectivity index (χ2n) is 4.17. The number of esters is 1. The first kappa shape index (κ1) is 11.7. The molecular weight excluding hydrogens is 214 g/mol. The fourth-order valence-electron chi connectivity index (χ4n) is 2.00. The van der Waals surface area contributed by atoms with Gasteiger partial charge < -0.3 is 9.72 Å². The van der Waals surface area contributed by atoms with Gasteiger partial charge in [-0.2, -0.15) is 0 Å². The second kappa shape index (κ2) is 5.04. The van der Waals surface area contributed by atoms with Crippen LogP contribution in [0.2, 0.25) is 0 Å². The molecular formula is C14H17NO2. The van der Waals surface area contributed by atoms with Gasteiger partial charge in [0.05, 0.1) is 12.7 Å². The first-order valence-corrected chi connectivity index (χ1v) is 5.94. The molecule has 0 radical (unpaired) electrons. The molecule has 0 spiro atoms. The Hall–Kier alpha value is -1.77. The van der Waals surface area contributed by atoms with E-state index in [1.807, 2.05) is 18.3 Å². The van der Waals surface area contributed by atoms with E-state index in [4.69, 9.17) is 4.74 Å². The Bertz CT molecular complexity index is 528. The quantitative estimate of drug-likeness (QED) is 0.820. The molecule has 0 saturated heterocycles. The number of hydrogen-bond donors (Lipinski definition) is 1. The number of nitrogens with one attached hydrogen (secondary N) is 1. The molecule has 3 nitrogen and oxygen atoms in total. The third-order valence-electron chi connectivity index (χ3n) is 2.99. The lowest BCUT2D eigenvalue weighted by atomic mass is 10.1. The van der Waals surface area contributed by atoms with Gasteiger partial charge in [-0.15, -0.1) is 0 Å². The van der Waals surface area contributed by atoms with Crippen LogP contribution >= 0.6 is 0 Å². The Balaban J connectivity index is 2.39. The number of rotatable bonds is 4. The smallest absolute Gasteiger partial charge is 0.337 e. The SMILES string of the molecule is CCCCc1c[nH]c2ccc(C(=O)OC)cc12. The predicted octanol–water partition coefficient (Wildman–Crippen LogP) is 3.30. The zero-order valence-corrected chi connectivity index (χ0v) is 10.2. The highest BCUT2D eigenvalue weighted by molar-refractivity contribution is 5.95. The maximum absolute atomic E-state index is 11.5. The lowest BCUT2D eigenvalue weighted by Gasteiger charge is -2.01. The van der Waals surface area contributed by atoms with Gasteiger partial charge in [0.15, 0.2) is 0 Å². The van der Waals surface area contributed by atoms with Crippen molar-refractivity contribution < 1.29 is 9.53 Å². The van der Waals surface area contributed by atoms with Crippen LogP contribution in [0.3, 0.4) is 0 Å². The number of aromatic nitrogens is 1. The Kier molecular flexibility index (Phi) is 3.47. The summed E-state index contributed by atoms with van der Waals surface area (Å²) in [4.78, 5) is 14.7. The first-order chi connectivity index (χ1) is 8.26. The van der Waals surface area contributed by atoms with Gasteiger partial charge in [-0.1, -0.05) is 13.3 Å². The van der Waals surface area contributed by atoms with Gasteiger partial charge in [0.25, 0.3) is 0 Å². The summed E-state index contributed by atoms with van der Waals surface area (Å²) >= 11 is 0. The summed E-state index contributed by atoms with van der Waals surface area (Å²) in [5, 5.41) is 1.13. The zero-order chi connectivity index (χ0) is 12.3. The second-order valence-corrected chi connectivity index (χ2v) is 4.17. The lowest BCUT2D eigenvalue weighted by molar-refractivity contribution is 0.0601. The number of unbranched alkanes of at least 4 members (excludes halogenated alkanes) is 1. The van der Waals surface area contributed by atoms with E-state index in [1.54, 1.807) is 6.07 Å². The van der Waals surface area contributed by atoms with Crippen LogP contribution in [0.25, 0.3) is 10.9 Å². The molecule has 1 aromatic carbocycles. The summed E-state index contributed by atoms with van der Waals surface area (Å²) in [5.41, 5.74) is 2.95. The van der Waals surface area contributed by atoms with Crippen LogP contribution in [0, 0.1) is 0 Å². The lowest BCUT2D eigenvalue weighted by Crippen LogP contribution is -2.00. The molecule has 2 aromatic rings. The van der Waals surface area contributed by atoms with Crippen LogP contribution in [-0.2, 0) is 11.2 Å². The van der Waals surface area contributed by atoms with Crippen molar-refractivity contribution in [2.24, 2.45) is 0 Å². The summed E-state index contributed by atoms with van der Waals surface area (Å²) in [5.74, 6) is -0.283. The summed E-state index contributed by atoms with van der Waals surface area (Å²) in [6.45, 7) is 2.18. The molecule has 0 amide bonds. The topological polar surface area (TPSA) is 42.1 Å². The van der Waals surface area contributed by atoms with Crippen molar-refractivity contribution in [3.63, 3.8) is 0 Å². The third-order valence-corrected chi connectivity index (χ3v) is 2.99. The van der Waals surface area contributed by atoms with Crippen LogP contribution in [-0.4, -0.2) is 18.1 Å². The van der Waals surface area contributed by atoms with Crippen molar-refractivity contribution in [1.29, 1.82) is 0 Å². The number of benzene rings is 1. The van der Waals surface area contributed by atoms with Crippen LogP contribution in [0.4, 0.5) is 0 Å². The monoisotopic (exact) mass is 231 g/mol. The van der Waals surface area contributed by atoms with Crippen LogP contribution < -0.4 is 0 Å². The Morgan fingerprint density at radius 3 is 2.94 bits per heavy atom. The number of hydrogen-bond acceptors (Lipinski definition) is 2. The molecule has 0 bridgehead atoms. The Morgan fingerprint density at radius 1 is 1.41 bits per heavy atom. The van der Waals surface area contributed by atoms with E-state index in [-0.39, 0.29) is 5.97 Å². The van der Waals surface area contributed by atoms with Crippen molar-refractivity contribution in [3.8, 4) is 0 Å². The van der Waals surface area contributed by atoms with Crippen molar-refractivity contribution in [3.05, 3.63) is 35.5 Å². The van der Waals surface area contributed by atoms with Gasteiger partial charge in [-0.3, -0.25) is 0 Å². The van der Waals surface area contributed by atoms with Crippen LogP contribution in [0.1, 0.15) is 35.7 Å². The number of carbonyl (C=O) groups is 1. The molecule has 2 rings (SSSR count). The fourth-order valence-corrected chi connectivity index (χ4v) is 2.00. The third kappa shape index (κ3) is 2.33. The van der Waals surface area contributed by atoms with Crippen molar-refractivity contribution in [2.75, 3.05) is 7.11 Å². The minimum Gasteiger partial charge on any atom is -0.465 e. The van der Waals surface area contributed by atoms with E-state index in [9.17, 15) is 4.79 Å². The molecule has 0 atom stereocenters. The minimum atomic E-state index is -0.283. The van der Waals surface area contributed by atoms with Gasteiger partial charge in [0.2, 0.25) is 0 Å². The summed E-state index contributed by atoms with van der Waals surface area (Å²) in [6, 6.07) is 5.62. The minimum absolute atomic E-state index is 0.283. The number of carbonyl (C=O) groups excluding carboxylic acids is 1. The molecule has 1 aromatic heterocycles. The number of methoxy groups -OCH3 is 1. The Morgan fingerprint density at radius 2 is 2.24 bits per heavy atom. The van der Waals surface area contributed by atoms with Crippen molar-refractivity contribution >= 4 is 16.9 Å². The van der Waals surface area contributed by atoms with Crippen molar-refractivity contribution in [2.45, 2.75) is 26.2 Å². The van der Waals surface area contributed by atoms with Gasteiger partial charge >= 0.3 is 5.97 Å². The number of ether oxygens (including phenoxy) is 1. The van der Waals surface area contributed by atoms with E-state index in [0.717, 1.165) is 23.7 Å². The standard InChI is InChI=1S/C14H17NO2/c1-3-4-5-11-9-15-13-7-6-10(8-12(11)13)14(16)17-2/h6-9,15H,3-5H2,1-2H3. The molecule has 0 aliphatic heterocycles. The molecule has 90 valence electrons. The highest BCUT2D eigenvalue weighted by atomic mass is 16.5. The summed E-state index contributed by atoms with van der Waals surface area (Å²) in [6.07, 6.45) is 5.40. The van der Waals surface area contributed by atoms with Gasteiger partial charge in [-0.25, -0.2) is 4.79 Å². The van der Waals surface area contributed by atoms with E-state index >= 15 is 0 Å². The fraction of sp³-hybridized carbons (Fsp3) is 0.357. The maximum Gasteiger partial charge on any atom is 0.337 e. The molecule has 1 N–H and O–H groups in total. The average Bonchev–Trinajstić information content (AvgIpc) is 2.77. The maximum atomic E-state index is 11.5. The van der Waals surface area contributed by atoms with Crippen LogP contribution in [0.15, 0.2) is 24.4 Å². The van der Waals surface area contributed by atoms with Gasteiger partial charge in [0.1, 0.15) is 0 Å². The molecule has 1 heterocycles. The number of aromatic amines is 1. The zero-order valence-electron chi connectivity index (χ0n) is 10.2. The molecule has 0 unspecified atom stereocenters. The van der Waals surface area contributed by atoms with E-state index in [2.05, 4.69) is 11.9 Å². The number of fused-ring (bicyclic) bond motifs is 1. The largest absolute Gasteiger partial charge is 0.465 e. The summed E-state index contributed by atoms with van der Waals surface area (Å²) in [7, 11) is 1.40. The molecule has 17 heavy (non-hydrogen) atoms. The molecule has 3 heteroatoms. The van der Waals surface area contributed by atoms with E-state index in [0.29, 0.717) is 5.56 Å². The van der Waals surface area contributed by atoms with Crippen LogP contribution in [0.5, 0.6) is 0 Å². The first-order valence-electron chi connectivity index (χ1n) is 5.94. The average molecular weight is 231 g/mol. The Labute approximate surface area is 101 Å². The van der Waals surface area contributed by atoms with E-state index < -0.39 is 0 Å². The molecule has 0 aliphatic carbocycles. The van der Waals surface area contributed by atoms with Gasteiger partial charge in [-0.05, 0) is 36.6 Å². The number of aryl methyl sites for hydroxylation is 1. The van der Waals surface area contributed by atoms with Crippen molar-refractivity contribution in [1.82, 2.24) is 4.98 Å². The molecule has 0 fully saturated rings. The number of H-pyrrole nitrogens is 1. The predicted molar refractivity (Wildman–Crippen MR) is 68.3 cm³/mol. The molecule has 0 saturated carbocycles. The highest BCUT2D eigenvalue weighted by Crippen LogP contribution is 2.21. The molecule has 0 aliphatic rings. The van der Waals surface area contributed by atoms with Gasteiger partial charge in [0, 0.05) is 17.1 Å². The normalized spacial score (nSPS) is 10.7. The summed E-state index contributed by atoms with van der Waals surface area (Å²) < 4.78 is 4.73. The van der Waals surface area contributed by atoms with E-state index in [1.165, 1.54) is 19.1 Å². The highest BCUT2D eigenvalue weighted by Gasteiger charge is 2.09.